The Balaban J connectivity index is 0.865. The molecule has 0 aromatic carbocycles. The molecule has 0 spiro atoms. The summed E-state index contributed by atoms with van der Waals surface area (Å²) in [6.45, 7) is 34.1. The molecule has 16 atom stereocenters. The van der Waals surface area contributed by atoms with Crippen LogP contribution in [0.3, 0.4) is 0 Å². The normalized spacial score (nSPS) is 43.6. The summed E-state index contributed by atoms with van der Waals surface area (Å²) in [6.07, 6.45) is 26.6. The third-order valence-electron chi connectivity index (χ3n) is 24.2. The fourth-order valence-electron chi connectivity index (χ4n) is 19.5. The van der Waals surface area contributed by atoms with E-state index >= 15 is 0 Å². The van der Waals surface area contributed by atoms with Gasteiger partial charge in [0, 0.05) is 30.8 Å². The zero-order chi connectivity index (χ0) is 53.7. The summed E-state index contributed by atoms with van der Waals surface area (Å²) in [5.41, 5.74) is 2.02. The minimum Gasteiger partial charge on any atom is -0.465 e. The van der Waals surface area contributed by atoms with Gasteiger partial charge in [-0.25, -0.2) is 4.79 Å². The van der Waals surface area contributed by atoms with Crippen molar-refractivity contribution in [2.24, 2.45) is 85.2 Å². The lowest BCUT2D eigenvalue weighted by molar-refractivity contribution is -0.261. The first-order chi connectivity index (χ1) is 34.0. The molecule has 0 aromatic rings. The monoisotopic (exact) mass is 1010 g/mol. The summed E-state index contributed by atoms with van der Waals surface area (Å²) < 4.78 is 17.9. The van der Waals surface area contributed by atoms with Gasteiger partial charge in [-0.2, -0.15) is 0 Å². The number of fused-ring (bicyclic) bond motifs is 8. The van der Waals surface area contributed by atoms with Crippen LogP contribution >= 0.6 is 0 Å². The molecule has 0 bridgehead atoms. The van der Waals surface area contributed by atoms with Gasteiger partial charge in [-0.3, -0.25) is 14.4 Å². The average molecular weight is 1010 g/mol. The molecule has 7 fully saturated rings. The number of rotatable bonds is 16. The van der Waals surface area contributed by atoms with Crippen molar-refractivity contribution in [1.82, 2.24) is 0 Å². The predicted molar refractivity (Wildman–Crippen MR) is 293 cm³/mol. The topological polar surface area (TPSA) is 116 Å². The molecule has 0 amide bonds. The summed E-state index contributed by atoms with van der Waals surface area (Å²) in [5, 5.41) is 11.6. The number of esters is 3. The lowest BCUT2D eigenvalue weighted by Crippen LogP contribution is -2.68. The van der Waals surface area contributed by atoms with Gasteiger partial charge in [0.1, 0.15) is 17.3 Å². The molecule has 412 valence electrons. The highest BCUT2D eigenvalue weighted by Gasteiger charge is 2.72. The van der Waals surface area contributed by atoms with E-state index in [0.717, 1.165) is 101 Å². The smallest absolute Gasteiger partial charge is 0.333 e. The number of hydrogen-bond acceptors (Lipinski definition) is 8. The van der Waals surface area contributed by atoms with E-state index in [2.05, 4.69) is 88.3 Å². The van der Waals surface area contributed by atoms with E-state index in [1.54, 1.807) is 6.92 Å². The molecule has 7 rings (SSSR count). The zero-order valence-electron chi connectivity index (χ0n) is 49.0. The van der Waals surface area contributed by atoms with Crippen LogP contribution in [0.2, 0.25) is 0 Å². The van der Waals surface area contributed by atoms with Crippen molar-refractivity contribution in [3.63, 3.8) is 0 Å². The minimum absolute atomic E-state index is 0.0283. The maximum atomic E-state index is 14.6. The number of ether oxygens (including phenoxy) is 3. The quantitative estimate of drug-likeness (QED) is 0.0534. The van der Waals surface area contributed by atoms with E-state index in [1.165, 1.54) is 56.6 Å². The van der Waals surface area contributed by atoms with Crippen LogP contribution in [0.15, 0.2) is 34.9 Å². The van der Waals surface area contributed by atoms with Crippen molar-refractivity contribution in [1.29, 1.82) is 0 Å². The van der Waals surface area contributed by atoms with Crippen molar-refractivity contribution in [2.75, 3.05) is 13.2 Å². The van der Waals surface area contributed by atoms with Gasteiger partial charge in [0.05, 0.1) is 18.8 Å². The number of hydrogen-bond donors (Lipinski definition) is 1. The number of allylic oxidation sites excluding steroid dienone is 5. The third kappa shape index (κ3) is 10.6. The Kier molecular flexibility index (Phi) is 17.1. The molecule has 0 aromatic heterocycles. The van der Waals surface area contributed by atoms with Gasteiger partial charge in [0.15, 0.2) is 0 Å². The Hall–Kier alpha value is -2.74. The van der Waals surface area contributed by atoms with Crippen LogP contribution in [0.25, 0.3) is 0 Å². The highest BCUT2D eigenvalue weighted by Crippen LogP contribution is 2.77. The first-order valence-corrected chi connectivity index (χ1v) is 29.8. The van der Waals surface area contributed by atoms with E-state index in [0.29, 0.717) is 47.9 Å². The summed E-state index contributed by atoms with van der Waals surface area (Å²) in [4.78, 5) is 53.1. The van der Waals surface area contributed by atoms with Crippen LogP contribution in [0.4, 0.5) is 0 Å². The van der Waals surface area contributed by atoms with Crippen LogP contribution in [0.5, 0.6) is 0 Å². The van der Waals surface area contributed by atoms with Gasteiger partial charge >= 0.3 is 17.9 Å². The number of carbonyl (C=O) groups excluding carboxylic acids is 4. The van der Waals surface area contributed by atoms with E-state index < -0.39 is 17.1 Å². The first-order valence-electron chi connectivity index (χ1n) is 29.8. The summed E-state index contributed by atoms with van der Waals surface area (Å²) in [6, 6.07) is 0. The fourth-order valence-corrected chi connectivity index (χ4v) is 19.5. The van der Waals surface area contributed by atoms with Crippen LogP contribution in [-0.4, -0.2) is 53.7 Å². The molecule has 1 unspecified atom stereocenters. The van der Waals surface area contributed by atoms with E-state index in [1.807, 2.05) is 19.9 Å². The van der Waals surface area contributed by atoms with Crippen molar-refractivity contribution in [3.8, 4) is 0 Å². The number of aliphatic hydroxyl groups is 1. The summed E-state index contributed by atoms with van der Waals surface area (Å²) >= 11 is 0. The highest BCUT2D eigenvalue weighted by atomic mass is 16.6. The zero-order valence-corrected chi connectivity index (χ0v) is 49.0. The highest BCUT2D eigenvalue weighted by molar-refractivity contribution is 5.87. The van der Waals surface area contributed by atoms with Crippen LogP contribution < -0.4 is 0 Å². The van der Waals surface area contributed by atoms with Gasteiger partial charge in [-0.05, 0) is 231 Å². The van der Waals surface area contributed by atoms with Gasteiger partial charge < -0.3 is 19.3 Å². The molecular formula is C65H104O8. The van der Waals surface area contributed by atoms with Gasteiger partial charge in [-0.15, -0.1) is 0 Å². The molecule has 1 N–H and O–H groups in total. The minimum atomic E-state index is -0.965. The molecule has 8 heteroatoms. The summed E-state index contributed by atoms with van der Waals surface area (Å²) in [5.74, 6) is 3.45. The van der Waals surface area contributed by atoms with Crippen molar-refractivity contribution >= 4 is 23.7 Å². The Morgan fingerprint density at radius 1 is 0.644 bits per heavy atom. The number of ketones is 1. The fraction of sp³-hybridized carbons (Fsp3) is 0.846. The molecule has 8 nitrogen and oxygen atoms in total. The standard InChI is InChI=1S/C65H104O8/c1-42(20-16-21-43(2)23-18-25-51-60(10)34-31-53(67)58(7,8)49(60)30-37-64(51,14)70)22-17-24-45(4)56(68)71-40-19-41-72-57(69)65(15)52-29-36-63(13)50(61(52,11)35-32-54(65)73-47(6)66)27-26-48-55-46(5)44(3)28-33-59(55,9)38-39-62(48,63)12/h20,23-24,44,46,48-52,54-55,70H,16-19,21-22,25-41H2,1-15H3/b42-20+,43-23+,45-24+/t44-,46+,48?,49+,50-,51-,52-,54-,55+,59-,60+,61-,62-,63-,64-,65-/m1/s1. The Morgan fingerprint density at radius 2 is 1.29 bits per heavy atom. The molecule has 7 saturated carbocycles. The molecule has 7 aliphatic rings. The van der Waals surface area contributed by atoms with E-state index in [-0.39, 0.29) is 70.0 Å². The molecule has 0 aliphatic heterocycles. The van der Waals surface area contributed by atoms with Gasteiger partial charge in [0.2, 0.25) is 0 Å². The summed E-state index contributed by atoms with van der Waals surface area (Å²) in [7, 11) is 0. The number of Topliss-reactive ketones (excluding diaryl/α,β-unsaturated/α-hetero) is 1. The second-order valence-electron chi connectivity index (χ2n) is 28.6. The molecule has 0 saturated heterocycles. The van der Waals surface area contributed by atoms with Crippen molar-refractivity contribution < 1.29 is 38.5 Å². The Morgan fingerprint density at radius 3 is 1.97 bits per heavy atom. The Labute approximate surface area is 444 Å². The number of carbonyl (C=O) groups is 4. The maximum absolute atomic E-state index is 14.6. The Bertz CT molecular complexity index is 2150. The molecule has 0 radical (unpaired) electrons. The third-order valence-corrected chi connectivity index (χ3v) is 24.2. The largest absolute Gasteiger partial charge is 0.465 e. The van der Waals surface area contributed by atoms with E-state index in [9.17, 15) is 24.3 Å². The lowest BCUT2D eigenvalue weighted by atomic mass is 9.31. The molecule has 0 heterocycles. The molecular weight excluding hydrogens is 909 g/mol. The lowest BCUT2D eigenvalue weighted by Gasteiger charge is -2.73. The van der Waals surface area contributed by atoms with Crippen molar-refractivity contribution in [2.45, 2.75) is 250 Å². The second kappa shape index (κ2) is 21.6. The SMILES string of the molecule is CC(=O)O[C@@H]1CC[C@@]2(C)[C@@H](CC[C@]3(C)[C@@H]2CCC2[C@@H]4[C@@H](C)[C@H](C)CC[C@]4(C)CC[C@]23C)[C@@]1(C)C(=O)OCCCOC(=O)/C(C)=C/CC/C(C)=C/CC/C(C)=C/CC[C@@H]1[C@@]2(C)CCC(=O)C(C)(C)[C@@H]2CC[C@@]1(C)O. The molecule has 73 heavy (non-hydrogen) atoms. The average Bonchev–Trinajstić information content (AvgIpc) is 3.31. The van der Waals surface area contributed by atoms with Crippen LogP contribution in [-0.2, 0) is 33.4 Å². The van der Waals surface area contributed by atoms with Gasteiger partial charge in [0.25, 0.3) is 0 Å². The van der Waals surface area contributed by atoms with Gasteiger partial charge in [-0.1, -0.05) is 91.7 Å². The van der Waals surface area contributed by atoms with Crippen molar-refractivity contribution in [3.05, 3.63) is 34.9 Å². The predicted octanol–water partition coefficient (Wildman–Crippen LogP) is 15.5. The van der Waals surface area contributed by atoms with Crippen LogP contribution in [0, 0.1) is 85.2 Å². The first kappa shape index (κ1) is 58.0. The van der Waals surface area contributed by atoms with Crippen LogP contribution in [0.1, 0.15) is 239 Å². The maximum Gasteiger partial charge on any atom is 0.333 e. The molecule has 7 aliphatic carbocycles. The van der Waals surface area contributed by atoms with E-state index in [4.69, 9.17) is 14.2 Å². The second-order valence-corrected chi connectivity index (χ2v) is 28.6.